The Morgan fingerprint density at radius 1 is 1.05 bits per heavy atom. The fourth-order valence-electron chi connectivity index (χ4n) is 4.82. The second-order valence-electron chi connectivity index (χ2n) is 7.69. The molecule has 0 amide bonds. The van der Waals surface area contributed by atoms with E-state index in [0.717, 1.165) is 23.3 Å². The molecule has 120 valence electrons. The predicted octanol–water partition coefficient (Wildman–Crippen LogP) is 4.37. The highest BCUT2D eigenvalue weighted by molar-refractivity contribution is 6.00. The number of rotatable bonds is 2. The van der Waals surface area contributed by atoms with Crippen molar-refractivity contribution in [1.82, 2.24) is 0 Å². The van der Waals surface area contributed by atoms with Gasteiger partial charge in [-0.15, -0.1) is 0 Å². The van der Waals surface area contributed by atoms with Crippen LogP contribution in [0.1, 0.15) is 62.4 Å². The molecule has 2 atom stereocenters. The van der Waals surface area contributed by atoms with Crippen molar-refractivity contribution in [2.75, 3.05) is 14.2 Å². The topological polar surface area (TPSA) is 35.5 Å². The zero-order chi connectivity index (χ0) is 16.1. The van der Waals surface area contributed by atoms with Gasteiger partial charge in [0.15, 0.2) is 17.3 Å². The van der Waals surface area contributed by atoms with E-state index in [1.54, 1.807) is 14.2 Å². The molecule has 1 saturated carbocycles. The van der Waals surface area contributed by atoms with Crippen molar-refractivity contribution in [3.63, 3.8) is 0 Å². The molecule has 3 heteroatoms. The average molecular weight is 302 g/mol. The van der Waals surface area contributed by atoms with Gasteiger partial charge in [-0.3, -0.25) is 4.79 Å². The maximum Gasteiger partial charge on any atom is 0.163 e. The van der Waals surface area contributed by atoms with E-state index in [9.17, 15) is 4.79 Å². The first-order valence-corrected chi connectivity index (χ1v) is 8.13. The lowest BCUT2D eigenvalue weighted by Crippen LogP contribution is -2.49. The Morgan fingerprint density at radius 2 is 1.68 bits per heavy atom. The summed E-state index contributed by atoms with van der Waals surface area (Å²) in [5, 5.41) is 0. The van der Waals surface area contributed by atoms with Gasteiger partial charge in [0.2, 0.25) is 0 Å². The van der Waals surface area contributed by atoms with Gasteiger partial charge in [0.05, 0.1) is 14.2 Å². The first-order valence-electron chi connectivity index (χ1n) is 8.13. The number of ketones is 1. The van der Waals surface area contributed by atoms with Gasteiger partial charge in [-0.1, -0.05) is 27.2 Å². The molecular formula is C19H26O3. The highest BCUT2D eigenvalue weighted by Gasteiger charge is 2.52. The Bertz CT molecular complexity index is 617. The van der Waals surface area contributed by atoms with Crippen LogP contribution in [0.15, 0.2) is 12.1 Å². The van der Waals surface area contributed by atoms with Gasteiger partial charge in [0.1, 0.15) is 0 Å². The minimum atomic E-state index is 0.0462. The van der Waals surface area contributed by atoms with E-state index in [1.165, 1.54) is 12.8 Å². The number of hydrogen-bond acceptors (Lipinski definition) is 3. The molecule has 0 heterocycles. The van der Waals surface area contributed by atoms with Crippen molar-refractivity contribution in [3.8, 4) is 11.5 Å². The van der Waals surface area contributed by atoms with Crippen LogP contribution in [0.25, 0.3) is 0 Å². The molecule has 1 aromatic carbocycles. The van der Waals surface area contributed by atoms with Crippen LogP contribution in [0.5, 0.6) is 11.5 Å². The lowest BCUT2D eigenvalue weighted by Gasteiger charge is -2.53. The number of ether oxygens (including phenoxy) is 2. The Kier molecular flexibility index (Phi) is 3.50. The van der Waals surface area contributed by atoms with Crippen molar-refractivity contribution < 1.29 is 14.3 Å². The van der Waals surface area contributed by atoms with Crippen molar-refractivity contribution in [3.05, 3.63) is 23.3 Å². The maximum absolute atomic E-state index is 12.7. The smallest absolute Gasteiger partial charge is 0.163 e. The number of hydrogen-bond donors (Lipinski definition) is 0. The van der Waals surface area contributed by atoms with E-state index >= 15 is 0 Å². The minimum absolute atomic E-state index is 0.0462. The quantitative estimate of drug-likeness (QED) is 0.813. The summed E-state index contributed by atoms with van der Waals surface area (Å²) < 4.78 is 10.9. The molecule has 1 aromatic rings. The SMILES string of the molecule is COc1cc2c(cc1OC)[C@@]1(C)CCCC(C)(C)[C@@H]1CC2=O. The van der Waals surface area contributed by atoms with Crippen LogP contribution in [0.4, 0.5) is 0 Å². The van der Waals surface area contributed by atoms with Crippen LogP contribution >= 0.6 is 0 Å². The Balaban J connectivity index is 2.21. The Morgan fingerprint density at radius 3 is 2.32 bits per heavy atom. The number of fused-ring (bicyclic) bond motifs is 3. The third-order valence-electron chi connectivity index (χ3n) is 6.06. The van der Waals surface area contributed by atoms with E-state index in [-0.39, 0.29) is 16.6 Å². The number of benzene rings is 1. The van der Waals surface area contributed by atoms with Crippen molar-refractivity contribution in [2.24, 2.45) is 11.3 Å². The van der Waals surface area contributed by atoms with Crippen molar-refractivity contribution in [1.29, 1.82) is 0 Å². The lowest BCUT2D eigenvalue weighted by molar-refractivity contribution is 0.0367. The standard InChI is InChI=1S/C19H26O3/c1-18(2)7-6-8-19(3)13-10-16(22-5)15(21-4)9-12(13)14(20)11-17(18)19/h9-10,17H,6-8,11H2,1-5H3/t17-,19+/m0/s1. The van der Waals surface area contributed by atoms with E-state index in [0.29, 0.717) is 18.1 Å². The summed E-state index contributed by atoms with van der Waals surface area (Å²) in [5.41, 5.74) is 2.23. The monoisotopic (exact) mass is 302 g/mol. The van der Waals surface area contributed by atoms with Gasteiger partial charge in [-0.2, -0.15) is 0 Å². The first kappa shape index (κ1) is 15.4. The minimum Gasteiger partial charge on any atom is -0.493 e. The van der Waals surface area contributed by atoms with Crippen LogP contribution < -0.4 is 9.47 Å². The van der Waals surface area contributed by atoms with E-state index < -0.39 is 0 Å². The molecule has 0 radical (unpaired) electrons. The van der Waals surface area contributed by atoms with E-state index in [4.69, 9.17) is 9.47 Å². The zero-order valence-electron chi connectivity index (χ0n) is 14.3. The third kappa shape index (κ3) is 2.05. The second-order valence-corrected chi connectivity index (χ2v) is 7.69. The molecule has 0 unspecified atom stereocenters. The van der Waals surface area contributed by atoms with Crippen LogP contribution in [-0.2, 0) is 5.41 Å². The summed E-state index contributed by atoms with van der Waals surface area (Å²) in [6.07, 6.45) is 4.19. The molecule has 3 rings (SSSR count). The van der Waals surface area contributed by atoms with Gasteiger partial charge in [0, 0.05) is 12.0 Å². The maximum atomic E-state index is 12.7. The fourth-order valence-corrected chi connectivity index (χ4v) is 4.82. The molecule has 0 aliphatic heterocycles. The molecule has 0 saturated heterocycles. The summed E-state index contributed by atoms with van der Waals surface area (Å²) in [6, 6.07) is 3.92. The van der Waals surface area contributed by atoms with Crippen molar-refractivity contribution in [2.45, 2.75) is 51.9 Å². The molecule has 0 aromatic heterocycles. The highest BCUT2D eigenvalue weighted by atomic mass is 16.5. The number of carbonyl (C=O) groups excluding carboxylic acids is 1. The molecule has 22 heavy (non-hydrogen) atoms. The van der Waals surface area contributed by atoms with Gasteiger partial charge in [0.25, 0.3) is 0 Å². The predicted molar refractivity (Wildman–Crippen MR) is 87.0 cm³/mol. The summed E-state index contributed by atoms with van der Waals surface area (Å²) in [4.78, 5) is 12.7. The third-order valence-corrected chi connectivity index (χ3v) is 6.06. The molecule has 1 fully saturated rings. The average Bonchev–Trinajstić information content (AvgIpc) is 2.48. The lowest BCUT2D eigenvalue weighted by atomic mass is 9.50. The summed E-state index contributed by atoms with van der Waals surface area (Å²) in [5.74, 6) is 2.01. The highest BCUT2D eigenvalue weighted by Crippen LogP contribution is 2.57. The largest absolute Gasteiger partial charge is 0.493 e. The second kappa shape index (κ2) is 5.00. The molecule has 0 bridgehead atoms. The van der Waals surface area contributed by atoms with Crippen LogP contribution in [0.3, 0.4) is 0 Å². The molecule has 3 nitrogen and oxygen atoms in total. The molecule has 2 aliphatic carbocycles. The number of methoxy groups -OCH3 is 2. The normalized spacial score (nSPS) is 29.5. The van der Waals surface area contributed by atoms with Crippen LogP contribution in [0, 0.1) is 11.3 Å². The number of Topliss-reactive ketones (excluding diaryl/α,β-unsaturated/α-hetero) is 1. The fraction of sp³-hybridized carbons (Fsp3) is 0.632. The summed E-state index contributed by atoms with van der Waals surface area (Å²) in [6.45, 7) is 6.96. The summed E-state index contributed by atoms with van der Waals surface area (Å²) >= 11 is 0. The number of carbonyl (C=O) groups is 1. The van der Waals surface area contributed by atoms with E-state index in [1.807, 2.05) is 12.1 Å². The molecule has 2 aliphatic rings. The Labute approximate surface area is 133 Å². The summed E-state index contributed by atoms with van der Waals surface area (Å²) in [7, 11) is 3.27. The van der Waals surface area contributed by atoms with Gasteiger partial charge < -0.3 is 9.47 Å². The first-order chi connectivity index (χ1) is 10.3. The van der Waals surface area contributed by atoms with Gasteiger partial charge in [-0.05, 0) is 47.3 Å². The molecule has 0 N–H and O–H groups in total. The van der Waals surface area contributed by atoms with Gasteiger partial charge >= 0.3 is 0 Å². The van der Waals surface area contributed by atoms with E-state index in [2.05, 4.69) is 20.8 Å². The Hall–Kier alpha value is -1.51. The van der Waals surface area contributed by atoms with Crippen LogP contribution in [-0.4, -0.2) is 20.0 Å². The van der Waals surface area contributed by atoms with Crippen molar-refractivity contribution >= 4 is 5.78 Å². The van der Waals surface area contributed by atoms with Crippen LogP contribution in [0.2, 0.25) is 0 Å². The molecule has 0 spiro atoms. The molecular weight excluding hydrogens is 276 g/mol. The van der Waals surface area contributed by atoms with Gasteiger partial charge in [-0.25, -0.2) is 0 Å². The zero-order valence-corrected chi connectivity index (χ0v) is 14.3.